The van der Waals surface area contributed by atoms with Crippen molar-refractivity contribution in [1.29, 1.82) is 0 Å². The van der Waals surface area contributed by atoms with Crippen LogP contribution in [0.3, 0.4) is 0 Å². The molecule has 0 bridgehead atoms. The maximum Gasteiger partial charge on any atom is 0.261 e. The van der Waals surface area contributed by atoms with Crippen LogP contribution >= 0.6 is 15.9 Å². The fourth-order valence-corrected chi connectivity index (χ4v) is 2.96. The molecule has 0 atom stereocenters. The smallest absolute Gasteiger partial charge is 0.261 e. The number of aromatic nitrogens is 3. The third kappa shape index (κ3) is 2.60. The minimum Gasteiger partial charge on any atom is -0.319 e. The SMILES string of the molecule is O=C(Nc1ccc(Br)cc1F)c1cnn2c1[nH]c(=O)c1ccccc12. The molecule has 0 saturated carbocycles. The number of nitrogens with one attached hydrogen (secondary N) is 2. The van der Waals surface area contributed by atoms with Gasteiger partial charge in [-0.15, -0.1) is 0 Å². The molecule has 0 aliphatic carbocycles. The summed E-state index contributed by atoms with van der Waals surface area (Å²) in [6, 6.07) is 11.2. The summed E-state index contributed by atoms with van der Waals surface area (Å²) in [5.41, 5.74) is 0.683. The third-order valence-corrected chi connectivity index (χ3v) is 4.30. The van der Waals surface area contributed by atoms with E-state index in [2.05, 4.69) is 31.3 Å². The van der Waals surface area contributed by atoms with Gasteiger partial charge in [0.25, 0.3) is 11.5 Å². The molecule has 0 spiro atoms. The van der Waals surface area contributed by atoms with Crippen LogP contribution < -0.4 is 10.9 Å². The highest BCUT2D eigenvalue weighted by Crippen LogP contribution is 2.21. The summed E-state index contributed by atoms with van der Waals surface area (Å²) >= 11 is 3.16. The Kier molecular flexibility index (Phi) is 3.61. The molecule has 8 heteroatoms. The summed E-state index contributed by atoms with van der Waals surface area (Å²) in [6.45, 7) is 0. The molecule has 2 aromatic heterocycles. The lowest BCUT2D eigenvalue weighted by Crippen LogP contribution is -2.15. The second-order valence-corrected chi connectivity index (χ2v) is 6.28. The first-order chi connectivity index (χ1) is 12.0. The zero-order valence-electron chi connectivity index (χ0n) is 12.6. The van der Waals surface area contributed by atoms with E-state index in [9.17, 15) is 14.0 Å². The Morgan fingerprint density at radius 2 is 2.04 bits per heavy atom. The van der Waals surface area contributed by atoms with Crippen LogP contribution in [0.25, 0.3) is 16.6 Å². The van der Waals surface area contributed by atoms with Crippen molar-refractivity contribution in [2.24, 2.45) is 0 Å². The Labute approximate surface area is 148 Å². The van der Waals surface area contributed by atoms with Gasteiger partial charge in [0.1, 0.15) is 17.0 Å². The molecule has 0 unspecified atom stereocenters. The van der Waals surface area contributed by atoms with Crippen molar-refractivity contribution in [3.8, 4) is 0 Å². The molecule has 1 amide bonds. The summed E-state index contributed by atoms with van der Waals surface area (Å²) < 4.78 is 16.0. The summed E-state index contributed by atoms with van der Waals surface area (Å²) in [5.74, 6) is -1.14. The molecule has 4 aromatic rings. The zero-order valence-corrected chi connectivity index (χ0v) is 14.2. The zero-order chi connectivity index (χ0) is 17.6. The molecule has 0 radical (unpaired) electrons. The maximum atomic E-state index is 13.9. The van der Waals surface area contributed by atoms with E-state index >= 15 is 0 Å². The lowest BCUT2D eigenvalue weighted by atomic mass is 10.2. The second kappa shape index (κ2) is 5.82. The molecule has 0 fully saturated rings. The molecule has 2 N–H and O–H groups in total. The number of anilines is 1. The number of carbonyl (C=O) groups is 1. The van der Waals surface area contributed by atoms with E-state index < -0.39 is 11.7 Å². The molecule has 6 nitrogen and oxygen atoms in total. The van der Waals surface area contributed by atoms with Crippen LogP contribution in [0.15, 0.2) is 57.9 Å². The highest BCUT2D eigenvalue weighted by atomic mass is 79.9. The standard InChI is InChI=1S/C17H10BrFN4O2/c18-9-5-6-13(12(19)7-9)21-17(25)11-8-20-23-14-4-2-1-3-10(14)16(24)22-15(11)23/h1-8H,(H,21,25)(H,22,24). The van der Waals surface area contributed by atoms with E-state index in [1.165, 1.54) is 22.8 Å². The molecular weight excluding hydrogens is 391 g/mol. The Morgan fingerprint density at radius 3 is 2.84 bits per heavy atom. The van der Waals surface area contributed by atoms with Crippen molar-refractivity contribution in [2.75, 3.05) is 5.32 Å². The van der Waals surface area contributed by atoms with Crippen LogP contribution in [0.1, 0.15) is 10.4 Å². The number of hydrogen-bond acceptors (Lipinski definition) is 3. The van der Waals surface area contributed by atoms with E-state index in [-0.39, 0.29) is 22.5 Å². The van der Waals surface area contributed by atoms with Crippen molar-refractivity contribution in [1.82, 2.24) is 14.6 Å². The summed E-state index contributed by atoms with van der Waals surface area (Å²) in [7, 11) is 0. The van der Waals surface area contributed by atoms with E-state index in [0.29, 0.717) is 15.4 Å². The van der Waals surface area contributed by atoms with Crippen molar-refractivity contribution in [2.45, 2.75) is 0 Å². The lowest BCUT2D eigenvalue weighted by molar-refractivity contribution is 0.102. The highest BCUT2D eigenvalue weighted by Gasteiger charge is 2.17. The van der Waals surface area contributed by atoms with Crippen molar-refractivity contribution in [3.05, 3.63) is 74.9 Å². The van der Waals surface area contributed by atoms with Gasteiger partial charge in [0.05, 0.1) is 22.8 Å². The largest absolute Gasteiger partial charge is 0.319 e. The van der Waals surface area contributed by atoms with Gasteiger partial charge in [0.15, 0.2) is 0 Å². The predicted octanol–water partition coefficient (Wildman–Crippen LogP) is 3.33. The number of aromatic amines is 1. The normalized spacial score (nSPS) is 11.1. The van der Waals surface area contributed by atoms with Crippen molar-refractivity contribution >= 4 is 44.1 Å². The van der Waals surface area contributed by atoms with Crippen LogP contribution in [-0.2, 0) is 0 Å². The van der Waals surface area contributed by atoms with Gasteiger partial charge in [0.2, 0.25) is 0 Å². The Morgan fingerprint density at radius 1 is 1.24 bits per heavy atom. The summed E-state index contributed by atoms with van der Waals surface area (Å²) in [6.07, 6.45) is 1.34. The van der Waals surface area contributed by atoms with Gasteiger partial charge >= 0.3 is 0 Å². The monoisotopic (exact) mass is 400 g/mol. The number of nitrogens with zero attached hydrogens (tertiary/aromatic N) is 2. The minimum atomic E-state index is -0.571. The molecule has 25 heavy (non-hydrogen) atoms. The molecule has 2 heterocycles. The van der Waals surface area contributed by atoms with Gasteiger partial charge in [-0.25, -0.2) is 8.91 Å². The average molecular weight is 401 g/mol. The van der Waals surface area contributed by atoms with Crippen LogP contribution in [0.2, 0.25) is 0 Å². The van der Waals surface area contributed by atoms with Crippen LogP contribution in [0.5, 0.6) is 0 Å². The first kappa shape index (κ1) is 15.5. The Balaban J connectivity index is 1.81. The van der Waals surface area contributed by atoms with Gasteiger partial charge in [-0.1, -0.05) is 28.1 Å². The van der Waals surface area contributed by atoms with E-state index in [1.807, 2.05) is 0 Å². The third-order valence-electron chi connectivity index (χ3n) is 3.80. The average Bonchev–Trinajstić information content (AvgIpc) is 3.01. The Hall–Kier alpha value is -3.00. The number of halogens is 2. The fourth-order valence-electron chi connectivity index (χ4n) is 2.62. The topological polar surface area (TPSA) is 79.3 Å². The van der Waals surface area contributed by atoms with Gasteiger partial charge in [0, 0.05) is 4.47 Å². The van der Waals surface area contributed by atoms with Gasteiger partial charge < -0.3 is 10.3 Å². The molecule has 0 aliphatic rings. The number of H-pyrrole nitrogens is 1. The number of hydrogen-bond donors (Lipinski definition) is 2. The van der Waals surface area contributed by atoms with Crippen molar-refractivity contribution < 1.29 is 9.18 Å². The van der Waals surface area contributed by atoms with Crippen LogP contribution in [0, 0.1) is 5.82 Å². The number of rotatable bonds is 2. The predicted molar refractivity (Wildman–Crippen MR) is 95.4 cm³/mol. The molecule has 0 saturated heterocycles. The Bertz CT molecular complexity index is 1200. The van der Waals surface area contributed by atoms with Gasteiger partial charge in [-0.3, -0.25) is 9.59 Å². The van der Waals surface area contributed by atoms with Crippen molar-refractivity contribution in [3.63, 3.8) is 0 Å². The quantitative estimate of drug-likeness (QED) is 0.541. The van der Waals surface area contributed by atoms with E-state index in [1.54, 1.807) is 30.3 Å². The molecular formula is C17H10BrFN4O2. The molecule has 124 valence electrons. The number of carbonyl (C=O) groups excluding carboxylic acids is 1. The lowest BCUT2D eigenvalue weighted by Gasteiger charge is -2.06. The first-order valence-electron chi connectivity index (χ1n) is 7.30. The van der Waals surface area contributed by atoms with E-state index in [4.69, 9.17) is 0 Å². The van der Waals surface area contributed by atoms with E-state index in [0.717, 1.165) is 0 Å². The number of fused-ring (bicyclic) bond motifs is 3. The van der Waals surface area contributed by atoms with Crippen LogP contribution in [0.4, 0.5) is 10.1 Å². The highest BCUT2D eigenvalue weighted by molar-refractivity contribution is 9.10. The van der Waals surface area contributed by atoms with Gasteiger partial charge in [-0.2, -0.15) is 5.10 Å². The first-order valence-corrected chi connectivity index (χ1v) is 8.09. The number of benzene rings is 2. The fraction of sp³-hybridized carbons (Fsp3) is 0. The summed E-state index contributed by atoms with van der Waals surface area (Å²) in [4.78, 5) is 27.4. The van der Waals surface area contributed by atoms with Crippen LogP contribution in [-0.4, -0.2) is 20.5 Å². The minimum absolute atomic E-state index is 0.0377. The molecule has 4 rings (SSSR count). The molecule has 0 aliphatic heterocycles. The number of amides is 1. The van der Waals surface area contributed by atoms with Gasteiger partial charge in [-0.05, 0) is 30.3 Å². The number of para-hydroxylation sites is 1. The molecule has 2 aromatic carbocycles. The maximum absolute atomic E-state index is 13.9. The summed E-state index contributed by atoms with van der Waals surface area (Å²) in [5, 5.41) is 7.12. The second-order valence-electron chi connectivity index (χ2n) is 5.37.